The van der Waals surface area contributed by atoms with Crippen LogP contribution in [0.3, 0.4) is 0 Å². The van der Waals surface area contributed by atoms with Crippen LogP contribution in [-0.4, -0.2) is 52.6 Å². The fourth-order valence-electron chi connectivity index (χ4n) is 2.28. The van der Waals surface area contributed by atoms with E-state index >= 15 is 0 Å². The Hall–Kier alpha value is -2.41. The molecule has 1 aliphatic heterocycles. The van der Waals surface area contributed by atoms with Gasteiger partial charge in [-0.1, -0.05) is 11.6 Å². The molecule has 0 radical (unpaired) electrons. The van der Waals surface area contributed by atoms with E-state index in [9.17, 15) is 4.79 Å². The highest BCUT2D eigenvalue weighted by molar-refractivity contribution is 6.29. The number of likely N-dealkylation sites (tertiary alicyclic amines) is 1. The topological polar surface area (TPSA) is 77.4 Å². The molecule has 3 rings (SSSR count). The summed E-state index contributed by atoms with van der Waals surface area (Å²) in [6, 6.07) is 3.31. The predicted molar refractivity (Wildman–Crippen MR) is 82.7 cm³/mol. The van der Waals surface area contributed by atoms with Gasteiger partial charge in [-0.05, 0) is 6.07 Å². The fraction of sp³-hybridized carbons (Fsp3) is 0.333. The molecule has 7 nitrogen and oxygen atoms in total. The van der Waals surface area contributed by atoms with Crippen LogP contribution in [0.25, 0.3) is 0 Å². The van der Waals surface area contributed by atoms with Crippen LogP contribution in [0.5, 0.6) is 11.8 Å². The summed E-state index contributed by atoms with van der Waals surface area (Å²) in [5.74, 6) is 1.05. The van der Waals surface area contributed by atoms with Gasteiger partial charge in [-0.15, -0.1) is 0 Å². The average Bonchev–Trinajstić information content (AvgIpc) is 2.53. The zero-order valence-electron chi connectivity index (χ0n) is 12.5. The number of hydrogen-bond donors (Lipinski definition) is 0. The lowest BCUT2D eigenvalue weighted by atomic mass is 10.00. The van der Waals surface area contributed by atoms with Gasteiger partial charge in [0.25, 0.3) is 5.91 Å². The van der Waals surface area contributed by atoms with Crippen molar-refractivity contribution >= 4 is 17.5 Å². The van der Waals surface area contributed by atoms with Gasteiger partial charge in [0, 0.05) is 36.8 Å². The summed E-state index contributed by atoms with van der Waals surface area (Å²) in [5, 5.41) is 0.291. The Morgan fingerprint density at radius 2 is 2.22 bits per heavy atom. The van der Waals surface area contributed by atoms with Gasteiger partial charge in [0.2, 0.25) is 11.8 Å². The van der Waals surface area contributed by atoms with Gasteiger partial charge in [-0.2, -0.15) is 4.98 Å². The molecule has 1 aliphatic rings. The first-order valence-electron chi connectivity index (χ1n) is 7.05. The Bertz CT molecular complexity index is 707. The summed E-state index contributed by atoms with van der Waals surface area (Å²) >= 11 is 5.74. The van der Waals surface area contributed by atoms with Gasteiger partial charge >= 0.3 is 0 Å². The highest BCUT2D eigenvalue weighted by atomic mass is 35.5. The smallest absolute Gasteiger partial charge is 0.254 e. The Balaban J connectivity index is 1.49. The van der Waals surface area contributed by atoms with Crippen LogP contribution < -0.4 is 9.47 Å². The molecule has 0 aliphatic carbocycles. The maximum atomic E-state index is 12.3. The molecular weight excluding hydrogens is 320 g/mol. The van der Waals surface area contributed by atoms with E-state index in [1.165, 1.54) is 19.5 Å². The molecule has 0 N–H and O–H groups in total. The minimum Gasteiger partial charge on any atom is -0.481 e. The normalized spacial score (nSPS) is 14.3. The summed E-state index contributed by atoms with van der Waals surface area (Å²) in [5.41, 5.74) is 0.567. The number of halogens is 1. The van der Waals surface area contributed by atoms with E-state index in [0.717, 1.165) is 0 Å². The van der Waals surface area contributed by atoms with Crippen molar-refractivity contribution in [3.05, 3.63) is 41.4 Å². The van der Waals surface area contributed by atoms with Crippen LogP contribution in [0.4, 0.5) is 0 Å². The molecule has 8 heteroatoms. The molecule has 1 fully saturated rings. The molecule has 1 amide bonds. The van der Waals surface area contributed by atoms with Gasteiger partial charge in [-0.3, -0.25) is 9.78 Å². The molecule has 1 saturated heterocycles. The lowest BCUT2D eigenvalue weighted by molar-refractivity contribution is 0.0387. The second-order valence-corrected chi connectivity index (χ2v) is 5.54. The van der Waals surface area contributed by atoms with Crippen molar-refractivity contribution in [2.24, 2.45) is 5.92 Å². The van der Waals surface area contributed by atoms with Gasteiger partial charge in [-0.25, -0.2) is 4.98 Å². The van der Waals surface area contributed by atoms with E-state index in [0.29, 0.717) is 42.2 Å². The molecule has 3 heterocycles. The maximum Gasteiger partial charge on any atom is 0.254 e. The quantitative estimate of drug-likeness (QED) is 0.828. The summed E-state index contributed by atoms with van der Waals surface area (Å²) in [6.45, 7) is 1.74. The maximum absolute atomic E-state index is 12.3. The van der Waals surface area contributed by atoms with Crippen molar-refractivity contribution in [2.45, 2.75) is 0 Å². The Kier molecular flexibility index (Phi) is 4.57. The number of pyridine rings is 1. The number of carbonyl (C=O) groups is 1. The second-order valence-electron chi connectivity index (χ2n) is 5.15. The van der Waals surface area contributed by atoms with Gasteiger partial charge in [0.1, 0.15) is 0 Å². The van der Waals surface area contributed by atoms with E-state index in [1.807, 2.05) is 0 Å². The molecule has 2 aromatic rings. The first-order chi connectivity index (χ1) is 11.2. The predicted octanol–water partition coefficient (Wildman–Crippen LogP) is 1.68. The van der Waals surface area contributed by atoms with Crippen LogP contribution in [0.2, 0.25) is 5.15 Å². The first-order valence-corrected chi connectivity index (χ1v) is 7.43. The van der Waals surface area contributed by atoms with E-state index in [2.05, 4.69) is 15.0 Å². The lowest BCUT2D eigenvalue weighted by Crippen LogP contribution is -2.52. The number of ether oxygens (including phenoxy) is 2. The van der Waals surface area contributed by atoms with E-state index < -0.39 is 0 Å². The number of amides is 1. The molecule has 0 saturated carbocycles. The minimum absolute atomic E-state index is 0.0375. The van der Waals surface area contributed by atoms with E-state index in [4.69, 9.17) is 21.1 Å². The first kappa shape index (κ1) is 15.5. The van der Waals surface area contributed by atoms with Crippen LogP contribution in [0.1, 0.15) is 10.4 Å². The Morgan fingerprint density at radius 3 is 2.96 bits per heavy atom. The number of methoxy groups -OCH3 is 1. The van der Waals surface area contributed by atoms with Gasteiger partial charge in [0.15, 0.2) is 5.15 Å². The van der Waals surface area contributed by atoms with Crippen molar-refractivity contribution in [3.8, 4) is 11.8 Å². The van der Waals surface area contributed by atoms with Gasteiger partial charge in [0.05, 0.1) is 26.1 Å². The fourth-order valence-corrected chi connectivity index (χ4v) is 2.42. The number of rotatable bonds is 5. The van der Waals surface area contributed by atoms with Crippen molar-refractivity contribution in [2.75, 3.05) is 26.8 Å². The number of aromatic nitrogens is 3. The van der Waals surface area contributed by atoms with Crippen molar-refractivity contribution in [3.63, 3.8) is 0 Å². The summed E-state index contributed by atoms with van der Waals surface area (Å²) in [7, 11) is 1.52. The van der Waals surface area contributed by atoms with Crippen molar-refractivity contribution in [1.82, 2.24) is 19.9 Å². The molecular formula is C15H15ClN4O3. The third-order valence-corrected chi connectivity index (χ3v) is 3.67. The highest BCUT2D eigenvalue weighted by Crippen LogP contribution is 2.21. The highest BCUT2D eigenvalue weighted by Gasteiger charge is 2.32. The molecule has 120 valence electrons. The van der Waals surface area contributed by atoms with Crippen molar-refractivity contribution in [1.29, 1.82) is 0 Å². The lowest BCUT2D eigenvalue weighted by Gasteiger charge is -2.38. The van der Waals surface area contributed by atoms with Crippen LogP contribution in [0.15, 0.2) is 30.7 Å². The zero-order chi connectivity index (χ0) is 16.2. The van der Waals surface area contributed by atoms with Gasteiger partial charge < -0.3 is 14.4 Å². The van der Waals surface area contributed by atoms with Crippen LogP contribution in [0, 0.1) is 5.92 Å². The average molecular weight is 335 g/mol. The molecule has 0 spiro atoms. The standard InChI is InChI=1S/C15H15ClN4O3/c1-22-13-4-11(2-3-18-13)15(21)20-7-10(8-20)9-23-14-6-17-5-12(16)19-14/h2-6,10H,7-9H2,1H3. The third-order valence-electron chi connectivity index (χ3n) is 3.49. The molecule has 2 aromatic heterocycles. The molecule has 0 aromatic carbocycles. The SMILES string of the molecule is COc1cc(C(=O)N2CC(COc3cncc(Cl)n3)C2)ccn1. The van der Waals surface area contributed by atoms with Crippen LogP contribution >= 0.6 is 11.6 Å². The largest absolute Gasteiger partial charge is 0.481 e. The zero-order valence-corrected chi connectivity index (χ0v) is 13.2. The van der Waals surface area contributed by atoms with E-state index in [1.54, 1.807) is 23.2 Å². The summed E-state index contributed by atoms with van der Waals surface area (Å²) in [4.78, 5) is 26.0. The summed E-state index contributed by atoms with van der Waals surface area (Å²) < 4.78 is 10.6. The molecule has 23 heavy (non-hydrogen) atoms. The van der Waals surface area contributed by atoms with E-state index in [-0.39, 0.29) is 11.8 Å². The summed E-state index contributed by atoms with van der Waals surface area (Å²) in [6.07, 6.45) is 4.52. The number of hydrogen-bond acceptors (Lipinski definition) is 6. The number of nitrogens with zero attached hydrogens (tertiary/aromatic N) is 4. The number of carbonyl (C=O) groups excluding carboxylic acids is 1. The minimum atomic E-state index is -0.0375. The molecule has 0 bridgehead atoms. The molecule has 0 atom stereocenters. The molecule has 0 unspecified atom stereocenters. The Labute approximate surface area is 138 Å². The van der Waals surface area contributed by atoms with Crippen molar-refractivity contribution < 1.29 is 14.3 Å². The third kappa shape index (κ3) is 3.68. The second kappa shape index (κ2) is 6.78. The monoisotopic (exact) mass is 334 g/mol. The Morgan fingerprint density at radius 1 is 1.39 bits per heavy atom. The van der Waals surface area contributed by atoms with Crippen LogP contribution in [-0.2, 0) is 0 Å².